The van der Waals surface area contributed by atoms with Crippen molar-refractivity contribution >= 4 is 18.5 Å². The molecule has 2 unspecified atom stereocenters. The van der Waals surface area contributed by atoms with Gasteiger partial charge in [-0.1, -0.05) is 80.9 Å². The number of aldehydes is 1. The summed E-state index contributed by atoms with van der Waals surface area (Å²) in [4.78, 5) is 34.7. The van der Waals surface area contributed by atoms with E-state index in [0.717, 1.165) is 62.5 Å². The van der Waals surface area contributed by atoms with Gasteiger partial charge in [0.05, 0.1) is 50.7 Å². The number of nitrogens with two attached hydrogens (primary N) is 1. The minimum atomic E-state index is -0.817. The molecule has 0 aromatic heterocycles. The summed E-state index contributed by atoms with van der Waals surface area (Å²) in [5, 5.41) is 29.7. The molecule has 0 saturated carbocycles. The van der Waals surface area contributed by atoms with E-state index in [0.29, 0.717) is 51.7 Å². The molecule has 7 N–H and O–H groups in total. The number of benzene rings is 2. The van der Waals surface area contributed by atoms with Gasteiger partial charge in [-0.2, -0.15) is 0 Å². The molecule has 15 heteroatoms. The maximum atomic E-state index is 12.3. The first-order valence-electron chi connectivity index (χ1n) is 23.5. The Bertz CT molecular complexity index is 1590. The first-order chi connectivity index (χ1) is 30.6. The molecular weight excluding hydrogens is 833 g/mol. The second-order valence-corrected chi connectivity index (χ2v) is 19.2. The van der Waals surface area contributed by atoms with Crippen LogP contribution in [0.1, 0.15) is 119 Å². The van der Waals surface area contributed by atoms with E-state index in [1.165, 1.54) is 0 Å². The zero-order chi connectivity index (χ0) is 48.5. The van der Waals surface area contributed by atoms with Crippen molar-refractivity contribution in [3.8, 4) is 0 Å². The van der Waals surface area contributed by atoms with Crippen LogP contribution in [0.5, 0.6) is 0 Å². The summed E-state index contributed by atoms with van der Waals surface area (Å²) in [6.07, 6.45) is 4.85. The predicted octanol–water partition coefficient (Wildman–Crippen LogP) is 6.84. The Morgan fingerprint density at radius 2 is 1.11 bits per heavy atom. The van der Waals surface area contributed by atoms with Gasteiger partial charge in [-0.05, 0) is 111 Å². The van der Waals surface area contributed by atoms with Gasteiger partial charge in [-0.15, -0.1) is 0 Å². The van der Waals surface area contributed by atoms with Crippen LogP contribution in [0.4, 0.5) is 9.59 Å². The van der Waals surface area contributed by atoms with Crippen LogP contribution >= 0.6 is 0 Å². The number of carbonyl (C=O) groups is 3. The van der Waals surface area contributed by atoms with Gasteiger partial charge in [0.15, 0.2) is 11.6 Å². The summed E-state index contributed by atoms with van der Waals surface area (Å²) < 4.78 is 32.9. The van der Waals surface area contributed by atoms with Gasteiger partial charge >= 0.3 is 12.2 Å². The second-order valence-electron chi connectivity index (χ2n) is 19.2. The Morgan fingerprint density at radius 3 is 1.48 bits per heavy atom. The summed E-state index contributed by atoms with van der Waals surface area (Å²) in [6, 6.07) is 18.5. The largest absolute Gasteiger partial charge is 0.444 e. The quantitative estimate of drug-likeness (QED) is 0.0670. The van der Waals surface area contributed by atoms with E-state index < -0.39 is 59.3 Å². The monoisotopic (exact) mass is 917 g/mol. The number of aliphatic hydroxyl groups is 2. The number of alkyl carbamates (subject to hydrolysis) is 2. The highest BCUT2D eigenvalue weighted by molar-refractivity contribution is 5.68. The van der Waals surface area contributed by atoms with Crippen molar-refractivity contribution in [1.82, 2.24) is 16.0 Å². The highest BCUT2D eigenvalue weighted by atomic mass is 16.7. The zero-order valence-electron chi connectivity index (χ0n) is 41.1. The van der Waals surface area contributed by atoms with E-state index in [4.69, 9.17) is 34.2 Å². The van der Waals surface area contributed by atoms with E-state index >= 15 is 0 Å². The molecule has 2 aromatic carbocycles. The van der Waals surface area contributed by atoms with Gasteiger partial charge < -0.3 is 65.1 Å². The van der Waals surface area contributed by atoms with Gasteiger partial charge in [0.25, 0.3) is 0 Å². The summed E-state index contributed by atoms with van der Waals surface area (Å²) in [5.41, 5.74) is 6.38. The molecule has 15 nitrogen and oxygen atoms in total. The molecule has 2 saturated heterocycles. The Morgan fingerprint density at radius 1 is 0.692 bits per heavy atom. The average Bonchev–Trinajstić information content (AvgIpc) is 3.89. The third kappa shape index (κ3) is 25.2. The fraction of sp³-hybridized carbons (Fsp3) is 0.700. The maximum Gasteiger partial charge on any atom is 0.407 e. The van der Waals surface area contributed by atoms with Crippen molar-refractivity contribution in [2.75, 3.05) is 46.1 Å². The van der Waals surface area contributed by atoms with Crippen LogP contribution in [-0.4, -0.2) is 122 Å². The van der Waals surface area contributed by atoms with Gasteiger partial charge in [0.2, 0.25) is 0 Å². The lowest BCUT2D eigenvalue weighted by Crippen LogP contribution is -2.50. The number of hydrogen-bond acceptors (Lipinski definition) is 13. The number of amides is 2. The van der Waals surface area contributed by atoms with Crippen LogP contribution in [-0.2, 0) is 46.1 Å². The Kier molecular flexibility index (Phi) is 25.8. The number of nitrogens with one attached hydrogen (secondary N) is 3. The number of hydrogen-bond donors (Lipinski definition) is 6. The summed E-state index contributed by atoms with van der Waals surface area (Å²) in [7, 11) is 0. The smallest absolute Gasteiger partial charge is 0.407 e. The molecule has 2 aromatic rings. The van der Waals surface area contributed by atoms with Crippen molar-refractivity contribution in [2.45, 2.75) is 168 Å². The molecule has 0 spiro atoms. The molecule has 0 radical (unpaired) electrons. The normalized spacial score (nSPS) is 18.2. The predicted molar refractivity (Wildman–Crippen MR) is 253 cm³/mol. The van der Waals surface area contributed by atoms with Crippen molar-refractivity contribution in [1.29, 1.82) is 0 Å². The van der Waals surface area contributed by atoms with Gasteiger partial charge in [0, 0.05) is 31.8 Å². The zero-order valence-corrected chi connectivity index (χ0v) is 41.1. The summed E-state index contributed by atoms with van der Waals surface area (Å²) in [6.45, 7) is 22.9. The maximum absolute atomic E-state index is 12.3. The van der Waals surface area contributed by atoms with Crippen LogP contribution in [0.2, 0.25) is 0 Å². The molecule has 4 rings (SSSR count). The van der Waals surface area contributed by atoms with E-state index in [-0.39, 0.29) is 12.5 Å². The standard InChI is InChI=1S/C25H42N2O5.C15H24N2O3.C10H18O3/c1-6-19(12-13-25(5)30-14-15-31-25)17-26-18-22(28)21(16-20-10-8-7-9-11-20)27-23(29)32-24(2,3)4;1-15(2,3)20-14(19)17-12(13(18)10-16)9-11-7-5-4-6-8-11;1-3-9(8-11)4-5-10(2)12-6-7-13-10/h7-11,19,21-22,26,28H,6,12-18H2,1-5H3,(H,27,29);4-8,12-13,18H,9-10,16H2,1-3H3,(H,17,19);8-9H,3-7H2,1-2H3/t19?,21-,22+;12-,13+;/m00./s1. The molecule has 2 aliphatic rings. The second kappa shape index (κ2) is 29.2. The first-order valence-corrected chi connectivity index (χ1v) is 23.5. The van der Waals surface area contributed by atoms with Crippen molar-refractivity contribution in [3.05, 3.63) is 71.8 Å². The lowest BCUT2D eigenvalue weighted by molar-refractivity contribution is -0.149. The van der Waals surface area contributed by atoms with Crippen LogP contribution in [0.15, 0.2) is 60.7 Å². The van der Waals surface area contributed by atoms with E-state index in [9.17, 15) is 24.6 Å². The van der Waals surface area contributed by atoms with Gasteiger partial charge in [0.1, 0.15) is 17.5 Å². The highest BCUT2D eigenvalue weighted by Gasteiger charge is 2.33. The van der Waals surface area contributed by atoms with Crippen LogP contribution in [0, 0.1) is 11.8 Å². The molecule has 2 heterocycles. The molecule has 2 amide bonds. The topological polar surface area (TPSA) is 209 Å². The minimum absolute atomic E-state index is 0.0767. The van der Waals surface area contributed by atoms with Gasteiger partial charge in [-0.25, -0.2) is 9.59 Å². The van der Waals surface area contributed by atoms with Crippen LogP contribution in [0.25, 0.3) is 0 Å². The molecule has 2 aliphatic heterocycles. The molecule has 0 bridgehead atoms. The fourth-order valence-electron chi connectivity index (χ4n) is 7.10. The Hall–Kier alpha value is -3.67. The van der Waals surface area contributed by atoms with Crippen molar-refractivity contribution in [3.63, 3.8) is 0 Å². The number of rotatable bonds is 22. The number of ether oxygens (including phenoxy) is 6. The average molecular weight is 917 g/mol. The van der Waals surface area contributed by atoms with E-state index in [2.05, 4.69) is 22.9 Å². The first kappa shape index (κ1) is 57.5. The molecule has 6 atom stereocenters. The van der Waals surface area contributed by atoms with Crippen LogP contribution < -0.4 is 21.7 Å². The fourth-order valence-corrected chi connectivity index (χ4v) is 7.10. The third-order valence-corrected chi connectivity index (χ3v) is 11.0. The van der Waals surface area contributed by atoms with Crippen molar-refractivity contribution in [2.24, 2.45) is 17.6 Å². The molecular formula is C50H84N4O11. The minimum Gasteiger partial charge on any atom is -0.444 e. The third-order valence-electron chi connectivity index (χ3n) is 11.0. The summed E-state index contributed by atoms with van der Waals surface area (Å²) in [5.74, 6) is -0.288. The summed E-state index contributed by atoms with van der Waals surface area (Å²) >= 11 is 0. The lowest BCUT2D eigenvalue weighted by atomic mass is 9.96. The molecule has 2 fully saturated rings. The number of carbonyl (C=O) groups excluding carboxylic acids is 3. The van der Waals surface area contributed by atoms with E-state index in [1.54, 1.807) is 20.8 Å². The Balaban J connectivity index is 0.000000373. The molecule has 65 heavy (non-hydrogen) atoms. The SMILES string of the molecule is CC(C)(C)OC(=O)N[C@@H](Cc1ccccc1)[C@H](O)CN.CCC(C=O)CCC1(C)OCCO1.CCC(CCC1(C)OCCO1)CNC[C@@H](O)[C@H](Cc1ccccc1)NC(=O)OC(C)(C)C. The lowest BCUT2D eigenvalue weighted by Gasteiger charge is -2.28. The highest BCUT2D eigenvalue weighted by Crippen LogP contribution is 2.28. The van der Waals surface area contributed by atoms with E-state index in [1.807, 2.05) is 102 Å². The molecule has 370 valence electrons. The molecule has 0 aliphatic carbocycles. The van der Waals surface area contributed by atoms with Crippen molar-refractivity contribution < 1.29 is 53.0 Å². The van der Waals surface area contributed by atoms with Crippen LogP contribution in [0.3, 0.4) is 0 Å². The Labute approximate surface area is 389 Å². The number of aliphatic hydroxyl groups excluding tert-OH is 2. The van der Waals surface area contributed by atoms with Gasteiger partial charge in [-0.3, -0.25) is 0 Å².